The number of hydrogen-bond donors (Lipinski definition) is 3. The van der Waals surface area contributed by atoms with Gasteiger partial charge in [0.25, 0.3) is 0 Å². The van der Waals surface area contributed by atoms with E-state index in [-0.39, 0.29) is 11.9 Å². The number of rotatable bonds is 7. The number of nitrogens with two attached hydrogens (primary N) is 1. The van der Waals surface area contributed by atoms with E-state index in [0.717, 1.165) is 24.3 Å². The summed E-state index contributed by atoms with van der Waals surface area (Å²) in [6.45, 7) is 4.94. The molecule has 0 bridgehead atoms. The molecule has 0 aromatic carbocycles. The van der Waals surface area contributed by atoms with Crippen molar-refractivity contribution in [1.82, 2.24) is 4.98 Å². The van der Waals surface area contributed by atoms with Crippen molar-refractivity contribution in [1.29, 1.82) is 0 Å². The van der Waals surface area contributed by atoms with Crippen LogP contribution in [0.15, 0.2) is 18.5 Å². The quantitative estimate of drug-likeness (QED) is 0.671. The number of carbonyl (C=O) groups excluding carboxylic acids is 1. The van der Waals surface area contributed by atoms with Gasteiger partial charge in [-0.15, -0.1) is 0 Å². The van der Waals surface area contributed by atoms with Gasteiger partial charge >= 0.3 is 0 Å². The summed E-state index contributed by atoms with van der Waals surface area (Å²) in [7, 11) is 0. The number of primary amides is 1. The molecule has 5 heteroatoms. The molecule has 0 fully saturated rings. The van der Waals surface area contributed by atoms with Crippen molar-refractivity contribution in [3.8, 4) is 0 Å². The molecule has 1 heterocycles. The van der Waals surface area contributed by atoms with E-state index in [1.54, 1.807) is 12.4 Å². The largest absolute Gasteiger partial charge is 0.384 e. The summed E-state index contributed by atoms with van der Waals surface area (Å²) in [5, 5.41) is 6.44. The highest BCUT2D eigenvalue weighted by Gasteiger charge is 2.06. The Morgan fingerprint density at radius 2 is 2.18 bits per heavy atom. The molecular weight excluding hydrogens is 216 g/mol. The first-order chi connectivity index (χ1) is 8.11. The zero-order valence-electron chi connectivity index (χ0n) is 10.4. The zero-order valence-corrected chi connectivity index (χ0v) is 10.4. The van der Waals surface area contributed by atoms with E-state index in [4.69, 9.17) is 5.73 Å². The third-order valence-electron chi connectivity index (χ3n) is 2.24. The lowest BCUT2D eigenvalue weighted by Crippen LogP contribution is -2.24. The number of hydrogen-bond acceptors (Lipinski definition) is 4. The first-order valence-corrected chi connectivity index (χ1v) is 5.85. The van der Waals surface area contributed by atoms with Crippen LogP contribution in [0.1, 0.15) is 26.7 Å². The fourth-order valence-electron chi connectivity index (χ4n) is 1.52. The SMILES string of the molecule is CCCNc1cncc(NC(C)CC(N)=O)c1. The number of anilines is 2. The van der Waals surface area contributed by atoms with Crippen molar-refractivity contribution in [3.63, 3.8) is 0 Å². The highest BCUT2D eigenvalue weighted by atomic mass is 16.1. The summed E-state index contributed by atoms with van der Waals surface area (Å²) in [4.78, 5) is 14.9. The summed E-state index contributed by atoms with van der Waals surface area (Å²) in [5.74, 6) is -0.307. The van der Waals surface area contributed by atoms with Crippen LogP contribution in [0.3, 0.4) is 0 Å². The van der Waals surface area contributed by atoms with Crippen LogP contribution in [0.5, 0.6) is 0 Å². The Bertz CT molecular complexity index is 367. The summed E-state index contributed by atoms with van der Waals surface area (Å²) < 4.78 is 0. The first-order valence-electron chi connectivity index (χ1n) is 5.85. The molecule has 0 saturated carbocycles. The summed E-state index contributed by atoms with van der Waals surface area (Å²) >= 11 is 0. The van der Waals surface area contributed by atoms with E-state index in [1.165, 1.54) is 0 Å². The fraction of sp³-hybridized carbons (Fsp3) is 0.500. The van der Waals surface area contributed by atoms with Gasteiger partial charge in [-0.2, -0.15) is 0 Å². The van der Waals surface area contributed by atoms with E-state index >= 15 is 0 Å². The Balaban J connectivity index is 2.55. The molecule has 17 heavy (non-hydrogen) atoms. The Kier molecular flexibility index (Phi) is 5.26. The fourth-order valence-corrected chi connectivity index (χ4v) is 1.52. The van der Waals surface area contributed by atoms with E-state index < -0.39 is 0 Å². The molecule has 0 saturated heterocycles. The maximum Gasteiger partial charge on any atom is 0.219 e. The second-order valence-corrected chi connectivity index (χ2v) is 4.10. The Labute approximate surface area is 102 Å². The first kappa shape index (κ1) is 13.3. The van der Waals surface area contributed by atoms with E-state index in [9.17, 15) is 4.79 Å². The molecule has 0 aliphatic heterocycles. The topological polar surface area (TPSA) is 80.0 Å². The number of carbonyl (C=O) groups is 1. The van der Waals surface area contributed by atoms with Crippen LogP contribution < -0.4 is 16.4 Å². The predicted octanol–water partition coefficient (Wildman–Crippen LogP) is 1.58. The van der Waals surface area contributed by atoms with Crippen LogP contribution in [0, 0.1) is 0 Å². The molecule has 0 aliphatic rings. The molecular formula is C12H20N4O. The standard InChI is InChI=1S/C12H20N4O/c1-3-4-15-10-6-11(8-14-7-10)16-9(2)5-12(13)17/h6-9,15-16H,3-5H2,1-2H3,(H2,13,17). The van der Waals surface area contributed by atoms with Crippen molar-refractivity contribution in [3.05, 3.63) is 18.5 Å². The van der Waals surface area contributed by atoms with Crippen LogP contribution in [0.4, 0.5) is 11.4 Å². The van der Waals surface area contributed by atoms with Gasteiger partial charge in [0.15, 0.2) is 0 Å². The highest BCUT2D eigenvalue weighted by molar-refractivity contribution is 5.75. The van der Waals surface area contributed by atoms with Crippen LogP contribution in [0.2, 0.25) is 0 Å². The Morgan fingerprint density at radius 1 is 1.47 bits per heavy atom. The molecule has 0 radical (unpaired) electrons. The molecule has 0 spiro atoms. The van der Waals surface area contributed by atoms with Crippen molar-refractivity contribution in [2.24, 2.45) is 5.73 Å². The monoisotopic (exact) mass is 236 g/mol. The zero-order chi connectivity index (χ0) is 12.7. The van der Waals surface area contributed by atoms with Gasteiger partial charge in [0.05, 0.1) is 23.8 Å². The average molecular weight is 236 g/mol. The van der Waals surface area contributed by atoms with E-state index in [2.05, 4.69) is 22.5 Å². The molecule has 1 aromatic heterocycles. The van der Waals surface area contributed by atoms with E-state index in [0.29, 0.717) is 6.42 Å². The summed E-state index contributed by atoms with van der Waals surface area (Å²) in [5.41, 5.74) is 7.00. The number of aromatic nitrogens is 1. The molecule has 1 rings (SSSR count). The lowest BCUT2D eigenvalue weighted by Gasteiger charge is -2.14. The molecule has 1 unspecified atom stereocenters. The van der Waals surface area contributed by atoms with Gasteiger partial charge in [-0.1, -0.05) is 6.92 Å². The Morgan fingerprint density at radius 3 is 2.82 bits per heavy atom. The number of nitrogens with one attached hydrogen (secondary N) is 2. The molecule has 4 N–H and O–H groups in total. The van der Waals surface area contributed by atoms with Crippen molar-refractivity contribution >= 4 is 17.3 Å². The van der Waals surface area contributed by atoms with Gasteiger partial charge in [0.1, 0.15) is 0 Å². The molecule has 5 nitrogen and oxygen atoms in total. The van der Waals surface area contributed by atoms with Crippen LogP contribution in [-0.4, -0.2) is 23.5 Å². The predicted molar refractivity (Wildman–Crippen MR) is 69.9 cm³/mol. The summed E-state index contributed by atoms with van der Waals surface area (Å²) in [6, 6.07) is 1.98. The maximum absolute atomic E-state index is 10.8. The molecule has 0 aliphatic carbocycles. The third kappa shape index (κ3) is 5.19. The van der Waals surface area contributed by atoms with Gasteiger partial charge in [-0.25, -0.2) is 0 Å². The molecule has 1 aromatic rings. The van der Waals surface area contributed by atoms with Crippen LogP contribution >= 0.6 is 0 Å². The van der Waals surface area contributed by atoms with Gasteiger partial charge < -0.3 is 16.4 Å². The van der Waals surface area contributed by atoms with Crippen LogP contribution in [-0.2, 0) is 4.79 Å². The summed E-state index contributed by atoms with van der Waals surface area (Å²) in [6.07, 6.45) is 4.89. The second kappa shape index (κ2) is 6.73. The minimum absolute atomic E-state index is 0.00993. The van der Waals surface area contributed by atoms with Gasteiger partial charge in [0, 0.05) is 19.0 Å². The Hall–Kier alpha value is -1.78. The molecule has 1 amide bonds. The average Bonchev–Trinajstić information content (AvgIpc) is 2.25. The minimum Gasteiger partial charge on any atom is -0.384 e. The van der Waals surface area contributed by atoms with Crippen LogP contribution in [0.25, 0.3) is 0 Å². The number of pyridine rings is 1. The smallest absolute Gasteiger partial charge is 0.219 e. The number of nitrogens with zero attached hydrogens (tertiary/aromatic N) is 1. The van der Waals surface area contributed by atoms with Gasteiger partial charge in [0.2, 0.25) is 5.91 Å². The van der Waals surface area contributed by atoms with Crippen molar-refractivity contribution in [2.75, 3.05) is 17.2 Å². The lowest BCUT2D eigenvalue weighted by molar-refractivity contribution is -0.118. The van der Waals surface area contributed by atoms with Gasteiger partial charge in [-0.3, -0.25) is 9.78 Å². The normalized spacial score (nSPS) is 11.9. The second-order valence-electron chi connectivity index (χ2n) is 4.10. The number of amides is 1. The van der Waals surface area contributed by atoms with Gasteiger partial charge in [-0.05, 0) is 19.4 Å². The van der Waals surface area contributed by atoms with E-state index in [1.807, 2.05) is 13.0 Å². The maximum atomic E-state index is 10.8. The highest BCUT2D eigenvalue weighted by Crippen LogP contribution is 2.14. The molecule has 1 atom stereocenters. The lowest BCUT2D eigenvalue weighted by atomic mass is 10.2. The molecule has 94 valence electrons. The minimum atomic E-state index is -0.307. The third-order valence-corrected chi connectivity index (χ3v) is 2.24. The van der Waals surface area contributed by atoms with Crippen molar-refractivity contribution in [2.45, 2.75) is 32.7 Å². The van der Waals surface area contributed by atoms with Crippen molar-refractivity contribution < 1.29 is 4.79 Å².